The Bertz CT molecular complexity index is 907. The maximum Gasteiger partial charge on any atom is 0.258 e. The quantitative estimate of drug-likeness (QED) is 0.680. The van der Waals surface area contributed by atoms with Crippen LogP contribution in [0, 0.1) is 5.82 Å². The van der Waals surface area contributed by atoms with Crippen LogP contribution < -0.4 is 10.6 Å². The van der Waals surface area contributed by atoms with Crippen molar-refractivity contribution in [2.45, 2.75) is 6.92 Å². The van der Waals surface area contributed by atoms with Gasteiger partial charge in [0.2, 0.25) is 5.91 Å². The lowest BCUT2D eigenvalue weighted by molar-refractivity contribution is -0.114. The molecular formula is C17H14FN5O2. The molecule has 3 N–H and O–H groups in total. The molecule has 0 saturated carbocycles. The van der Waals surface area contributed by atoms with Crippen molar-refractivity contribution in [3.05, 3.63) is 60.2 Å². The summed E-state index contributed by atoms with van der Waals surface area (Å²) < 4.78 is 13.9. The van der Waals surface area contributed by atoms with Crippen LogP contribution in [-0.4, -0.2) is 27.0 Å². The molecule has 7 nitrogen and oxygen atoms in total. The van der Waals surface area contributed by atoms with Gasteiger partial charge in [-0.25, -0.2) is 9.37 Å². The van der Waals surface area contributed by atoms with Crippen LogP contribution in [0.1, 0.15) is 17.3 Å². The Balaban J connectivity index is 1.77. The van der Waals surface area contributed by atoms with E-state index in [1.165, 1.54) is 25.4 Å². The topological polar surface area (TPSA) is 99.8 Å². The van der Waals surface area contributed by atoms with Crippen LogP contribution in [0.5, 0.6) is 0 Å². The summed E-state index contributed by atoms with van der Waals surface area (Å²) in [6.45, 7) is 1.33. The highest BCUT2D eigenvalue weighted by molar-refractivity contribution is 6.05. The number of anilines is 2. The first-order valence-electron chi connectivity index (χ1n) is 7.37. The van der Waals surface area contributed by atoms with Crippen molar-refractivity contribution in [3.63, 3.8) is 0 Å². The number of aromatic amines is 1. The SMILES string of the molecule is CC(=O)Nc1ccc(F)c(C(=O)Nc2ccc(-c3ncn[nH]3)cc2)c1. The zero-order valence-corrected chi connectivity index (χ0v) is 13.2. The molecule has 0 unspecified atom stereocenters. The fourth-order valence-corrected chi connectivity index (χ4v) is 2.23. The van der Waals surface area contributed by atoms with Crippen LogP contribution in [0.25, 0.3) is 11.4 Å². The first-order valence-corrected chi connectivity index (χ1v) is 7.37. The molecule has 3 rings (SSSR count). The summed E-state index contributed by atoms with van der Waals surface area (Å²) in [5.41, 5.74) is 1.48. The Morgan fingerprint density at radius 3 is 2.40 bits per heavy atom. The lowest BCUT2D eigenvalue weighted by atomic mass is 10.1. The van der Waals surface area contributed by atoms with Gasteiger partial charge in [-0.2, -0.15) is 5.10 Å². The summed E-state index contributed by atoms with van der Waals surface area (Å²) in [6, 6.07) is 10.7. The van der Waals surface area contributed by atoms with Gasteiger partial charge in [-0.15, -0.1) is 0 Å². The molecule has 0 bridgehead atoms. The molecule has 0 aliphatic carbocycles. The minimum Gasteiger partial charge on any atom is -0.326 e. The van der Waals surface area contributed by atoms with Crippen LogP contribution >= 0.6 is 0 Å². The van der Waals surface area contributed by atoms with E-state index >= 15 is 0 Å². The van der Waals surface area contributed by atoms with Crippen molar-refractivity contribution in [3.8, 4) is 11.4 Å². The van der Waals surface area contributed by atoms with E-state index in [0.29, 0.717) is 17.2 Å². The number of nitrogens with zero attached hydrogens (tertiary/aromatic N) is 2. The molecule has 0 spiro atoms. The minimum absolute atomic E-state index is 0.162. The number of carbonyl (C=O) groups is 2. The number of benzene rings is 2. The predicted molar refractivity (Wildman–Crippen MR) is 90.5 cm³/mol. The fourth-order valence-electron chi connectivity index (χ4n) is 2.23. The number of rotatable bonds is 4. The average Bonchev–Trinajstić information content (AvgIpc) is 3.11. The maximum atomic E-state index is 13.9. The van der Waals surface area contributed by atoms with Gasteiger partial charge in [0.05, 0.1) is 5.56 Å². The van der Waals surface area contributed by atoms with Crippen LogP contribution in [0.3, 0.4) is 0 Å². The van der Waals surface area contributed by atoms with Gasteiger partial charge in [-0.1, -0.05) is 0 Å². The van der Waals surface area contributed by atoms with Gasteiger partial charge in [0.1, 0.15) is 12.1 Å². The second-order valence-electron chi connectivity index (χ2n) is 5.24. The number of hydrogen-bond donors (Lipinski definition) is 3. The van der Waals surface area contributed by atoms with Gasteiger partial charge in [-0.05, 0) is 42.5 Å². The molecule has 1 heterocycles. The van der Waals surface area contributed by atoms with E-state index in [1.54, 1.807) is 24.3 Å². The van der Waals surface area contributed by atoms with Gasteiger partial charge >= 0.3 is 0 Å². The zero-order chi connectivity index (χ0) is 17.8. The number of H-pyrrole nitrogens is 1. The van der Waals surface area contributed by atoms with Gasteiger partial charge in [0.25, 0.3) is 5.91 Å². The third-order valence-electron chi connectivity index (χ3n) is 3.36. The average molecular weight is 339 g/mol. The Kier molecular flexibility index (Phi) is 4.51. The molecule has 0 saturated heterocycles. The van der Waals surface area contributed by atoms with E-state index in [0.717, 1.165) is 11.6 Å². The molecule has 8 heteroatoms. The molecule has 3 aromatic rings. The van der Waals surface area contributed by atoms with Crippen molar-refractivity contribution >= 4 is 23.2 Å². The Morgan fingerprint density at radius 2 is 1.76 bits per heavy atom. The number of amides is 2. The first-order chi connectivity index (χ1) is 12.0. The van der Waals surface area contributed by atoms with Gasteiger partial charge in [-0.3, -0.25) is 14.7 Å². The Labute approximate surface area is 142 Å². The molecule has 2 amide bonds. The second-order valence-corrected chi connectivity index (χ2v) is 5.24. The molecule has 0 aliphatic heterocycles. The summed E-state index contributed by atoms with van der Waals surface area (Å²) in [6.07, 6.45) is 1.40. The molecule has 25 heavy (non-hydrogen) atoms. The first kappa shape index (κ1) is 16.3. The van der Waals surface area contributed by atoms with Crippen molar-refractivity contribution in [1.29, 1.82) is 0 Å². The van der Waals surface area contributed by atoms with Crippen molar-refractivity contribution < 1.29 is 14.0 Å². The smallest absolute Gasteiger partial charge is 0.258 e. The summed E-state index contributed by atoms with van der Waals surface area (Å²) in [7, 11) is 0. The second kappa shape index (κ2) is 6.91. The number of aromatic nitrogens is 3. The van der Waals surface area contributed by atoms with E-state index < -0.39 is 11.7 Å². The monoisotopic (exact) mass is 339 g/mol. The molecule has 1 aromatic heterocycles. The van der Waals surface area contributed by atoms with Crippen LogP contribution in [0.4, 0.5) is 15.8 Å². The standard InChI is InChI=1S/C17H14FN5O2/c1-10(24)21-13-6-7-15(18)14(8-13)17(25)22-12-4-2-11(3-5-12)16-19-9-20-23-16/h2-9H,1H3,(H,21,24)(H,22,25)(H,19,20,23). The lowest BCUT2D eigenvalue weighted by Crippen LogP contribution is -2.15. The molecule has 0 fully saturated rings. The third kappa shape index (κ3) is 3.86. The maximum absolute atomic E-state index is 13.9. The highest BCUT2D eigenvalue weighted by atomic mass is 19.1. The molecule has 0 atom stereocenters. The molecule has 0 aliphatic rings. The molecule has 2 aromatic carbocycles. The summed E-state index contributed by atoms with van der Waals surface area (Å²) >= 11 is 0. The number of nitrogens with one attached hydrogen (secondary N) is 3. The largest absolute Gasteiger partial charge is 0.326 e. The van der Waals surface area contributed by atoms with Crippen molar-refractivity contribution in [1.82, 2.24) is 15.2 Å². The summed E-state index contributed by atoms with van der Waals surface area (Å²) in [4.78, 5) is 27.4. The Hall–Kier alpha value is -3.55. The Morgan fingerprint density at radius 1 is 1.04 bits per heavy atom. The molecule has 0 radical (unpaired) electrons. The lowest BCUT2D eigenvalue weighted by Gasteiger charge is -2.09. The fraction of sp³-hybridized carbons (Fsp3) is 0.0588. The van der Waals surface area contributed by atoms with E-state index in [9.17, 15) is 14.0 Å². The summed E-state index contributed by atoms with van der Waals surface area (Å²) in [5, 5.41) is 11.6. The van der Waals surface area contributed by atoms with Crippen LogP contribution in [-0.2, 0) is 4.79 Å². The van der Waals surface area contributed by atoms with E-state index in [4.69, 9.17) is 0 Å². The predicted octanol–water partition coefficient (Wildman–Crippen LogP) is 2.82. The highest BCUT2D eigenvalue weighted by Crippen LogP contribution is 2.20. The van der Waals surface area contributed by atoms with Crippen molar-refractivity contribution in [2.75, 3.05) is 10.6 Å². The van der Waals surface area contributed by atoms with Gasteiger partial charge < -0.3 is 10.6 Å². The minimum atomic E-state index is -0.676. The van der Waals surface area contributed by atoms with Gasteiger partial charge in [0, 0.05) is 23.9 Å². The molecule has 126 valence electrons. The number of halogens is 1. The van der Waals surface area contributed by atoms with Crippen LogP contribution in [0.2, 0.25) is 0 Å². The number of carbonyl (C=O) groups excluding carboxylic acids is 2. The number of hydrogen-bond acceptors (Lipinski definition) is 4. The van der Waals surface area contributed by atoms with Gasteiger partial charge in [0.15, 0.2) is 5.82 Å². The van der Waals surface area contributed by atoms with E-state index in [2.05, 4.69) is 25.8 Å². The summed E-state index contributed by atoms with van der Waals surface area (Å²) in [5.74, 6) is -0.991. The van der Waals surface area contributed by atoms with E-state index in [-0.39, 0.29) is 11.5 Å². The van der Waals surface area contributed by atoms with Crippen molar-refractivity contribution in [2.24, 2.45) is 0 Å². The third-order valence-corrected chi connectivity index (χ3v) is 3.36. The normalized spacial score (nSPS) is 10.3. The highest BCUT2D eigenvalue weighted by Gasteiger charge is 2.13. The van der Waals surface area contributed by atoms with Crippen LogP contribution in [0.15, 0.2) is 48.8 Å². The molecular weight excluding hydrogens is 325 g/mol. The van der Waals surface area contributed by atoms with E-state index in [1.807, 2.05) is 0 Å². The zero-order valence-electron chi connectivity index (χ0n) is 13.2.